The average molecular weight is 227 g/mol. The van der Waals surface area contributed by atoms with Gasteiger partial charge in [0.15, 0.2) is 5.76 Å². The lowest BCUT2D eigenvalue weighted by molar-refractivity contribution is -0.576. The second kappa shape index (κ2) is 6.20. The Morgan fingerprint density at radius 3 is 2.06 bits per heavy atom. The molecule has 4 heteroatoms. The van der Waals surface area contributed by atoms with Crippen molar-refractivity contribution < 1.29 is 14.2 Å². The van der Waals surface area contributed by atoms with Crippen LogP contribution < -0.4 is 5.84 Å². The first-order valence-electron chi connectivity index (χ1n) is 5.28. The zero-order valence-electron chi connectivity index (χ0n) is 10.9. The Balaban J connectivity index is 4.70. The molecule has 0 rings (SSSR count). The molecule has 2 N–H and O–H groups in total. The van der Waals surface area contributed by atoms with Gasteiger partial charge in [0.25, 0.3) is 0 Å². The second-order valence-electron chi connectivity index (χ2n) is 4.00. The van der Waals surface area contributed by atoms with Gasteiger partial charge in [0, 0.05) is 12.8 Å². The van der Waals surface area contributed by atoms with Gasteiger partial charge in [-0.15, -0.1) is 0 Å². The lowest BCUT2D eigenvalue weighted by Gasteiger charge is -2.13. The van der Waals surface area contributed by atoms with Crippen molar-refractivity contribution in [1.82, 2.24) is 0 Å². The van der Waals surface area contributed by atoms with Crippen LogP contribution in [0.1, 0.15) is 27.7 Å². The first-order valence-corrected chi connectivity index (χ1v) is 5.28. The van der Waals surface area contributed by atoms with Gasteiger partial charge in [0.1, 0.15) is 5.76 Å². The second-order valence-corrected chi connectivity index (χ2v) is 4.00. The van der Waals surface area contributed by atoms with Crippen LogP contribution in [-0.2, 0) is 9.47 Å². The quantitative estimate of drug-likeness (QED) is 0.195. The van der Waals surface area contributed by atoms with Crippen molar-refractivity contribution >= 4 is 5.90 Å². The van der Waals surface area contributed by atoms with E-state index in [-0.39, 0.29) is 12.0 Å². The summed E-state index contributed by atoms with van der Waals surface area (Å²) in [5, 5.41) is 0. The van der Waals surface area contributed by atoms with Gasteiger partial charge in [-0.3, -0.25) is 0 Å². The van der Waals surface area contributed by atoms with E-state index >= 15 is 0 Å². The third-order valence-electron chi connectivity index (χ3n) is 2.43. The SMILES string of the molecule is C=C(O/C(C)=[N+](\N)C(C)C(=C)OC)C(C)C. The maximum absolute atomic E-state index is 5.88. The van der Waals surface area contributed by atoms with Gasteiger partial charge in [0.2, 0.25) is 6.04 Å². The highest BCUT2D eigenvalue weighted by atomic mass is 16.5. The maximum Gasteiger partial charge on any atom is 0.367 e. The number of hydrazine groups is 1. The summed E-state index contributed by atoms with van der Waals surface area (Å²) in [5.74, 6) is 7.97. The summed E-state index contributed by atoms with van der Waals surface area (Å²) < 4.78 is 12.0. The first kappa shape index (κ1) is 14.6. The third kappa shape index (κ3) is 3.96. The van der Waals surface area contributed by atoms with Crippen molar-refractivity contribution in [2.75, 3.05) is 7.11 Å². The van der Waals surface area contributed by atoms with Crippen LogP contribution >= 0.6 is 0 Å². The van der Waals surface area contributed by atoms with E-state index in [1.165, 1.54) is 4.68 Å². The summed E-state index contributed by atoms with van der Waals surface area (Å²) in [7, 11) is 1.57. The first-order chi connectivity index (χ1) is 7.31. The van der Waals surface area contributed by atoms with Crippen LogP contribution in [0.2, 0.25) is 0 Å². The molecule has 0 amide bonds. The molecule has 0 heterocycles. The van der Waals surface area contributed by atoms with Crippen molar-refractivity contribution in [3.05, 3.63) is 24.7 Å². The van der Waals surface area contributed by atoms with Crippen LogP contribution in [0.5, 0.6) is 0 Å². The molecule has 0 radical (unpaired) electrons. The number of nitrogens with two attached hydrogens (primary N) is 1. The molecule has 0 aliphatic heterocycles. The highest BCUT2D eigenvalue weighted by Gasteiger charge is 2.22. The van der Waals surface area contributed by atoms with Gasteiger partial charge in [0.05, 0.1) is 14.0 Å². The fourth-order valence-corrected chi connectivity index (χ4v) is 0.959. The van der Waals surface area contributed by atoms with Crippen LogP contribution in [-0.4, -0.2) is 23.7 Å². The summed E-state index contributed by atoms with van der Waals surface area (Å²) in [4.78, 5) is 0. The molecule has 0 saturated heterocycles. The fourth-order valence-electron chi connectivity index (χ4n) is 0.959. The van der Waals surface area contributed by atoms with E-state index in [0.717, 1.165) is 0 Å². The topological polar surface area (TPSA) is 47.5 Å². The molecular weight excluding hydrogens is 204 g/mol. The summed E-state index contributed by atoms with van der Waals surface area (Å²) in [6.45, 7) is 15.3. The van der Waals surface area contributed by atoms with Crippen LogP contribution in [0.3, 0.4) is 0 Å². The minimum atomic E-state index is -0.148. The third-order valence-corrected chi connectivity index (χ3v) is 2.43. The molecule has 0 aliphatic rings. The molecule has 92 valence electrons. The predicted molar refractivity (Wildman–Crippen MR) is 65.8 cm³/mol. The lowest BCUT2D eigenvalue weighted by Crippen LogP contribution is -2.37. The predicted octanol–water partition coefficient (Wildman–Crippen LogP) is 2.03. The Morgan fingerprint density at radius 1 is 1.19 bits per heavy atom. The maximum atomic E-state index is 5.88. The Kier molecular flexibility index (Phi) is 5.64. The Morgan fingerprint density at radius 2 is 1.69 bits per heavy atom. The number of hydrazone groups is 1. The molecule has 1 unspecified atom stereocenters. The van der Waals surface area contributed by atoms with Crippen LogP contribution in [0.25, 0.3) is 0 Å². The van der Waals surface area contributed by atoms with E-state index in [1.807, 2.05) is 20.8 Å². The van der Waals surface area contributed by atoms with Crippen molar-refractivity contribution in [2.45, 2.75) is 33.7 Å². The number of hydrogen-bond acceptors (Lipinski definition) is 3. The number of hydrogen-bond donors (Lipinski definition) is 1. The average Bonchev–Trinajstić information content (AvgIpc) is 2.25. The molecule has 0 fully saturated rings. The van der Waals surface area contributed by atoms with Gasteiger partial charge in [-0.05, 0) is 0 Å². The van der Waals surface area contributed by atoms with Gasteiger partial charge in [-0.1, -0.05) is 31.7 Å². The largest absolute Gasteiger partial charge is 0.495 e. The summed E-state index contributed by atoms with van der Waals surface area (Å²) in [5.41, 5.74) is 0. The molecule has 16 heavy (non-hydrogen) atoms. The van der Waals surface area contributed by atoms with Crippen molar-refractivity contribution in [1.29, 1.82) is 0 Å². The van der Waals surface area contributed by atoms with E-state index in [0.29, 0.717) is 17.4 Å². The minimum absolute atomic E-state index is 0.148. The molecule has 0 aromatic rings. The highest BCUT2D eigenvalue weighted by Crippen LogP contribution is 2.09. The van der Waals surface area contributed by atoms with Crippen molar-refractivity contribution in [2.24, 2.45) is 11.8 Å². The molecule has 0 aliphatic carbocycles. The van der Waals surface area contributed by atoms with Gasteiger partial charge >= 0.3 is 5.90 Å². The van der Waals surface area contributed by atoms with Crippen molar-refractivity contribution in [3.8, 4) is 0 Å². The van der Waals surface area contributed by atoms with Gasteiger partial charge in [-0.2, -0.15) is 0 Å². The minimum Gasteiger partial charge on any atom is -0.495 e. The molecule has 0 aromatic heterocycles. The van der Waals surface area contributed by atoms with Crippen LogP contribution in [0, 0.1) is 5.92 Å². The van der Waals surface area contributed by atoms with Crippen LogP contribution in [0.15, 0.2) is 24.7 Å². The number of allylic oxidation sites excluding steroid dienone is 1. The molecule has 1 atom stereocenters. The van der Waals surface area contributed by atoms with Gasteiger partial charge < -0.3 is 9.47 Å². The molecule has 0 spiro atoms. The summed E-state index contributed by atoms with van der Waals surface area (Å²) in [6, 6.07) is -0.148. The normalized spacial score (nSPS) is 14.1. The molecule has 0 saturated carbocycles. The zero-order chi connectivity index (χ0) is 12.9. The Hall–Kier alpha value is -1.45. The Labute approximate surface area is 98.0 Å². The monoisotopic (exact) mass is 227 g/mol. The summed E-state index contributed by atoms with van der Waals surface area (Å²) in [6.07, 6.45) is 0. The molecule has 0 aromatic carbocycles. The van der Waals surface area contributed by atoms with Crippen molar-refractivity contribution in [3.63, 3.8) is 0 Å². The zero-order valence-corrected chi connectivity index (χ0v) is 10.9. The smallest absolute Gasteiger partial charge is 0.367 e. The number of rotatable bonds is 5. The number of nitrogens with zero attached hydrogens (tertiary/aromatic N) is 1. The van der Waals surface area contributed by atoms with E-state index in [1.54, 1.807) is 14.0 Å². The number of methoxy groups -OCH3 is 1. The van der Waals surface area contributed by atoms with E-state index < -0.39 is 0 Å². The van der Waals surface area contributed by atoms with E-state index in [2.05, 4.69) is 13.2 Å². The molecular formula is C12H23N2O2+. The van der Waals surface area contributed by atoms with E-state index in [4.69, 9.17) is 15.3 Å². The highest BCUT2D eigenvalue weighted by molar-refractivity contribution is 5.68. The Bertz CT molecular complexity index is 306. The van der Waals surface area contributed by atoms with E-state index in [9.17, 15) is 0 Å². The summed E-state index contributed by atoms with van der Waals surface area (Å²) >= 11 is 0. The molecule has 4 nitrogen and oxygen atoms in total. The van der Waals surface area contributed by atoms with Crippen LogP contribution in [0.4, 0.5) is 0 Å². The molecule has 0 bridgehead atoms. The van der Waals surface area contributed by atoms with Gasteiger partial charge in [-0.25, -0.2) is 5.84 Å². The number of ether oxygens (including phenoxy) is 2. The fraction of sp³-hybridized carbons (Fsp3) is 0.583. The standard InChI is InChI=1S/C12H23N2O2/c1-8(2)10(4)16-12(6)14(13)9(3)11(5)15-7/h8-9H,4-5,13H2,1-3,6-7H3/q+1/b14-12-. The lowest BCUT2D eigenvalue weighted by atomic mass is 10.2.